The Labute approximate surface area is 118 Å². The van der Waals surface area contributed by atoms with Crippen LogP contribution in [0.1, 0.15) is 29.3 Å². The van der Waals surface area contributed by atoms with Crippen LogP contribution in [0.25, 0.3) is 0 Å². The molecule has 0 atom stereocenters. The highest BCUT2D eigenvalue weighted by atomic mass is 19.3. The number of benzene rings is 1. The van der Waals surface area contributed by atoms with E-state index in [4.69, 9.17) is 4.42 Å². The van der Waals surface area contributed by atoms with E-state index in [-0.39, 0.29) is 17.9 Å². The molecule has 1 aromatic carbocycles. The highest BCUT2D eigenvalue weighted by molar-refractivity contribution is 5.56. The standard InChI is InChI=1S/C13H13F2N3O3/c1-7-8(2)21-12(17-7)6-16-11-4-3-9(18(19)20)5-10(11)13(14)15/h3-5,13,16H,6H2,1-2H3. The Morgan fingerprint density at radius 3 is 2.67 bits per heavy atom. The third-order valence-electron chi connectivity index (χ3n) is 2.98. The Morgan fingerprint density at radius 1 is 1.43 bits per heavy atom. The largest absolute Gasteiger partial charge is 0.444 e. The lowest BCUT2D eigenvalue weighted by atomic mass is 10.1. The predicted octanol–water partition coefficient (Wildman–Crippen LogP) is 3.75. The van der Waals surface area contributed by atoms with Crippen LogP contribution < -0.4 is 5.32 Å². The summed E-state index contributed by atoms with van der Waals surface area (Å²) in [6.45, 7) is 3.65. The summed E-state index contributed by atoms with van der Waals surface area (Å²) in [6, 6.07) is 3.28. The van der Waals surface area contributed by atoms with Gasteiger partial charge in [0.1, 0.15) is 5.76 Å². The number of nitrogens with zero attached hydrogens (tertiary/aromatic N) is 2. The molecule has 0 radical (unpaired) electrons. The van der Waals surface area contributed by atoms with Crippen molar-refractivity contribution in [3.63, 3.8) is 0 Å². The molecular formula is C13H13F2N3O3. The summed E-state index contributed by atoms with van der Waals surface area (Å²) in [5, 5.41) is 13.4. The minimum atomic E-state index is -2.82. The van der Waals surface area contributed by atoms with Gasteiger partial charge in [0.05, 0.1) is 17.2 Å². The minimum Gasteiger partial charge on any atom is -0.444 e. The second-order valence-electron chi connectivity index (χ2n) is 4.43. The van der Waals surface area contributed by atoms with Crippen LogP contribution in [-0.2, 0) is 6.54 Å². The molecule has 8 heteroatoms. The highest BCUT2D eigenvalue weighted by Gasteiger charge is 2.18. The number of hydrogen-bond acceptors (Lipinski definition) is 5. The number of non-ortho nitro benzene ring substituents is 1. The number of nitrogens with one attached hydrogen (secondary N) is 1. The summed E-state index contributed by atoms with van der Waals surface area (Å²) in [4.78, 5) is 14.0. The van der Waals surface area contributed by atoms with Crippen molar-refractivity contribution < 1.29 is 18.1 Å². The monoisotopic (exact) mass is 297 g/mol. The Morgan fingerprint density at radius 2 is 2.14 bits per heavy atom. The van der Waals surface area contributed by atoms with E-state index in [9.17, 15) is 18.9 Å². The Hall–Kier alpha value is -2.51. The van der Waals surface area contributed by atoms with Gasteiger partial charge >= 0.3 is 0 Å². The molecule has 0 saturated heterocycles. The maximum atomic E-state index is 13.0. The number of aromatic nitrogens is 1. The first-order chi connectivity index (χ1) is 9.88. The van der Waals surface area contributed by atoms with Gasteiger partial charge in [0, 0.05) is 23.4 Å². The number of rotatable bonds is 5. The summed E-state index contributed by atoms with van der Waals surface area (Å²) >= 11 is 0. The first-order valence-electron chi connectivity index (χ1n) is 6.11. The van der Waals surface area contributed by atoms with Gasteiger partial charge < -0.3 is 9.73 Å². The summed E-state index contributed by atoms with van der Waals surface area (Å²) < 4.78 is 31.3. The number of halogens is 2. The molecule has 0 fully saturated rings. The van der Waals surface area contributed by atoms with Crippen molar-refractivity contribution in [1.82, 2.24) is 4.98 Å². The van der Waals surface area contributed by atoms with Crippen molar-refractivity contribution in [3.8, 4) is 0 Å². The van der Waals surface area contributed by atoms with Gasteiger partial charge in [-0.3, -0.25) is 10.1 Å². The van der Waals surface area contributed by atoms with Crippen LogP contribution in [0, 0.1) is 24.0 Å². The van der Waals surface area contributed by atoms with Gasteiger partial charge in [-0.2, -0.15) is 0 Å². The quantitative estimate of drug-likeness (QED) is 0.671. The van der Waals surface area contributed by atoms with Crippen molar-refractivity contribution in [1.29, 1.82) is 0 Å². The molecule has 112 valence electrons. The van der Waals surface area contributed by atoms with Gasteiger partial charge in [-0.15, -0.1) is 0 Å². The molecule has 0 saturated carbocycles. The van der Waals surface area contributed by atoms with Gasteiger partial charge in [-0.1, -0.05) is 0 Å². The van der Waals surface area contributed by atoms with Crippen LogP contribution in [0.5, 0.6) is 0 Å². The van der Waals surface area contributed by atoms with Crippen molar-refractivity contribution in [2.24, 2.45) is 0 Å². The van der Waals surface area contributed by atoms with E-state index in [1.165, 1.54) is 12.1 Å². The first kappa shape index (κ1) is 14.9. The normalized spacial score (nSPS) is 10.9. The number of nitro benzene ring substituents is 1. The maximum Gasteiger partial charge on any atom is 0.270 e. The maximum absolute atomic E-state index is 13.0. The summed E-state index contributed by atoms with van der Waals surface area (Å²) in [5.41, 5.74) is 0.0385. The Bertz CT molecular complexity index is 651. The van der Waals surface area contributed by atoms with E-state index >= 15 is 0 Å². The second kappa shape index (κ2) is 5.86. The zero-order chi connectivity index (χ0) is 15.6. The molecule has 6 nitrogen and oxygen atoms in total. The van der Waals surface area contributed by atoms with Crippen molar-refractivity contribution in [2.45, 2.75) is 26.8 Å². The van der Waals surface area contributed by atoms with Crippen molar-refractivity contribution in [3.05, 3.63) is 51.2 Å². The molecule has 1 N–H and O–H groups in total. The van der Waals surface area contributed by atoms with Crippen LogP contribution in [-0.4, -0.2) is 9.91 Å². The number of anilines is 1. The summed E-state index contributed by atoms with van der Waals surface area (Å²) in [5.74, 6) is 1.02. The zero-order valence-corrected chi connectivity index (χ0v) is 11.4. The molecule has 0 aliphatic heterocycles. The lowest BCUT2D eigenvalue weighted by Crippen LogP contribution is -2.04. The number of hydrogen-bond donors (Lipinski definition) is 1. The molecule has 1 aromatic heterocycles. The fourth-order valence-electron chi connectivity index (χ4n) is 1.79. The molecular weight excluding hydrogens is 284 g/mol. The lowest BCUT2D eigenvalue weighted by molar-refractivity contribution is -0.385. The average Bonchev–Trinajstić information content (AvgIpc) is 2.75. The Kier molecular flexibility index (Phi) is 4.15. The molecule has 0 unspecified atom stereocenters. The van der Waals surface area contributed by atoms with E-state index in [2.05, 4.69) is 10.3 Å². The van der Waals surface area contributed by atoms with Gasteiger partial charge in [0.15, 0.2) is 0 Å². The van der Waals surface area contributed by atoms with Gasteiger partial charge in [-0.25, -0.2) is 13.8 Å². The molecule has 0 spiro atoms. The molecule has 0 bridgehead atoms. The predicted molar refractivity (Wildman–Crippen MR) is 71.4 cm³/mol. The number of oxazole rings is 1. The average molecular weight is 297 g/mol. The first-order valence-corrected chi connectivity index (χ1v) is 6.11. The SMILES string of the molecule is Cc1nc(CNc2ccc([N+](=O)[O-])cc2C(F)F)oc1C. The van der Waals surface area contributed by atoms with E-state index in [0.717, 1.165) is 11.8 Å². The van der Waals surface area contributed by atoms with Crippen LogP contribution in [0.3, 0.4) is 0 Å². The number of alkyl halides is 2. The molecule has 2 rings (SSSR count). The van der Waals surface area contributed by atoms with Crippen LogP contribution in [0.4, 0.5) is 20.2 Å². The summed E-state index contributed by atoms with van der Waals surface area (Å²) in [7, 11) is 0. The van der Waals surface area contributed by atoms with E-state index in [0.29, 0.717) is 11.7 Å². The molecule has 0 amide bonds. The highest BCUT2D eigenvalue weighted by Crippen LogP contribution is 2.31. The van der Waals surface area contributed by atoms with Crippen LogP contribution in [0.15, 0.2) is 22.6 Å². The number of aryl methyl sites for hydroxylation is 2. The topological polar surface area (TPSA) is 81.2 Å². The smallest absolute Gasteiger partial charge is 0.270 e. The Balaban J connectivity index is 2.21. The second-order valence-corrected chi connectivity index (χ2v) is 4.43. The molecule has 1 heterocycles. The van der Waals surface area contributed by atoms with Crippen molar-refractivity contribution >= 4 is 11.4 Å². The third-order valence-corrected chi connectivity index (χ3v) is 2.98. The fraction of sp³-hybridized carbons (Fsp3) is 0.308. The minimum absolute atomic E-state index is 0.115. The molecule has 0 aliphatic carbocycles. The van der Waals surface area contributed by atoms with E-state index in [1.807, 2.05) is 0 Å². The van der Waals surface area contributed by atoms with E-state index in [1.54, 1.807) is 13.8 Å². The molecule has 21 heavy (non-hydrogen) atoms. The van der Waals surface area contributed by atoms with E-state index < -0.39 is 16.9 Å². The van der Waals surface area contributed by atoms with Gasteiger partial charge in [0.2, 0.25) is 5.89 Å². The van der Waals surface area contributed by atoms with Crippen molar-refractivity contribution in [2.75, 3.05) is 5.32 Å². The van der Waals surface area contributed by atoms with Gasteiger partial charge in [-0.05, 0) is 19.9 Å². The molecule has 2 aromatic rings. The van der Waals surface area contributed by atoms with Gasteiger partial charge in [0.25, 0.3) is 12.1 Å². The summed E-state index contributed by atoms with van der Waals surface area (Å²) in [6.07, 6.45) is -2.82. The molecule has 0 aliphatic rings. The third kappa shape index (κ3) is 3.33. The number of nitro groups is 1. The zero-order valence-electron chi connectivity index (χ0n) is 11.4. The fourth-order valence-corrected chi connectivity index (χ4v) is 1.79. The van der Waals surface area contributed by atoms with Crippen LogP contribution in [0.2, 0.25) is 0 Å². The van der Waals surface area contributed by atoms with Crippen LogP contribution >= 0.6 is 0 Å². The lowest BCUT2D eigenvalue weighted by Gasteiger charge is -2.10.